The summed E-state index contributed by atoms with van der Waals surface area (Å²) < 4.78 is 47.4. The smallest absolute Gasteiger partial charge is 0.397 e. The summed E-state index contributed by atoms with van der Waals surface area (Å²) in [5.41, 5.74) is 0. The molecule has 0 bridgehead atoms. The first-order valence-corrected chi connectivity index (χ1v) is 19.3. The van der Waals surface area contributed by atoms with Crippen molar-refractivity contribution in [1.29, 1.82) is 0 Å². The van der Waals surface area contributed by atoms with E-state index in [1.807, 2.05) is 0 Å². The van der Waals surface area contributed by atoms with Crippen LogP contribution in [0.3, 0.4) is 0 Å². The van der Waals surface area contributed by atoms with Gasteiger partial charge in [0, 0.05) is 12.8 Å². The predicted molar refractivity (Wildman–Crippen MR) is 185 cm³/mol. The molecule has 1 heterocycles. The molecule has 3 amide bonds. The molecule has 0 spiro atoms. The minimum Gasteiger partial charge on any atom is -0.463 e. The Morgan fingerprint density at radius 3 is 1.82 bits per heavy atom. The lowest BCUT2D eigenvalue weighted by Gasteiger charge is -2.33. The molecular formula is C34H61N3O12S. The van der Waals surface area contributed by atoms with Gasteiger partial charge in [0.15, 0.2) is 6.04 Å². The molecule has 1 aliphatic rings. The van der Waals surface area contributed by atoms with Crippen molar-refractivity contribution in [2.24, 2.45) is 17.8 Å². The van der Waals surface area contributed by atoms with E-state index in [0.717, 1.165) is 39.5 Å². The monoisotopic (exact) mass is 735 g/mol. The average Bonchev–Trinajstić information content (AvgIpc) is 3.03. The van der Waals surface area contributed by atoms with Crippen molar-refractivity contribution >= 4 is 40.1 Å². The van der Waals surface area contributed by atoms with Crippen LogP contribution in [0.1, 0.15) is 126 Å². The molecule has 0 aliphatic carbocycles. The molecule has 0 aromatic heterocycles. The number of amides is 3. The SMILES string of the molecule is CCCCCCCCCCCCC[C@H](O)[C@H](C)[C@H]1OC(=O)[C@@H](COC(C)=O)NC(=O)[C@@H]([C@H](C)OS(=O)(=O)O)NC(=O)[C@H](C(C)C)NC(=O)[C@H]1C. The van der Waals surface area contributed by atoms with Gasteiger partial charge < -0.3 is 30.5 Å². The molecule has 0 unspecified atom stereocenters. The molecule has 15 nitrogen and oxygen atoms in total. The van der Waals surface area contributed by atoms with Gasteiger partial charge in [-0.25, -0.2) is 8.98 Å². The predicted octanol–water partition coefficient (Wildman–Crippen LogP) is 3.13. The zero-order valence-corrected chi connectivity index (χ0v) is 31.6. The number of aliphatic hydroxyl groups excluding tert-OH is 1. The normalized spacial score (nSPS) is 24.4. The minimum absolute atomic E-state index is 0.387. The maximum atomic E-state index is 13.6. The number of esters is 2. The topological polar surface area (TPSA) is 224 Å². The highest BCUT2D eigenvalue weighted by Gasteiger charge is 2.42. The van der Waals surface area contributed by atoms with Gasteiger partial charge in [-0.1, -0.05) is 105 Å². The van der Waals surface area contributed by atoms with E-state index in [1.54, 1.807) is 20.8 Å². The van der Waals surface area contributed by atoms with Crippen LogP contribution in [0.5, 0.6) is 0 Å². The Bertz CT molecular complexity index is 1200. The average molecular weight is 736 g/mol. The number of nitrogens with one attached hydrogen (secondary N) is 3. The second-order valence-corrected chi connectivity index (χ2v) is 14.8. The van der Waals surface area contributed by atoms with Crippen molar-refractivity contribution < 1.29 is 55.7 Å². The summed E-state index contributed by atoms with van der Waals surface area (Å²) in [4.78, 5) is 65.7. The van der Waals surface area contributed by atoms with Gasteiger partial charge in [-0.15, -0.1) is 0 Å². The number of hydrogen-bond donors (Lipinski definition) is 5. The highest BCUT2D eigenvalue weighted by Crippen LogP contribution is 2.25. The number of aliphatic hydroxyl groups is 1. The Morgan fingerprint density at radius 2 is 1.32 bits per heavy atom. The highest BCUT2D eigenvalue weighted by atomic mass is 32.3. The number of carbonyl (C=O) groups excluding carboxylic acids is 5. The van der Waals surface area contributed by atoms with Gasteiger partial charge in [0.25, 0.3) is 0 Å². The Kier molecular flexibility index (Phi) is 20.7. The van der Waals surface area contributed by atoms with Gasteiger partial charge in [-0.2, -0.15) is 8.42 Å². The summed E-state index contributed by atoms with van der Waals surface area (Å²) in [6, 6.07) is -4.71. The fourth-order valence-corrected chi connectivity index (χ4v) is 6.36. The fraction of sp³-hybridized carbons (Fsp3) is 0.853. The number of carbonyl (C=O) groups is 5. The lowest BCUT2D eigenvalue weighted by molar-refractivity contribution is -0.166. The molecule has 0 aromatic rings. The van der Waals surface area contributed by atoms with E-state index in [-0.39, 0.29) is 0 Å². The second-order valence-electron chi connectivity index (χ2n) is 13.8. The standard InChI is InChI=1S/C34H61N3O12S/c1-8-9-10-11-12-13-14-15-16-17-18-19-27(39)22(4)30-23(5)31(40)36-28(21(2)3)32(41)37-29(24(6)49-50(44,45)46)33(42)35-26(34(43)48-30)20-47-25(7)38/h21-24,26-30,39H,8-20H2,1-7H3,(H,35,42)(H,36,40)(H,37,41)(H,44,45,46)/t22-,23-,24-,26+,27-,28-,29+,30+/m0/s1. The summed E-state index contributed by atoms with van der Waals surface area (Å²) in [6.07, 6.45) is 8.96. The molecule has 16 heteroatoms. The fourth-order valence-electron chi connectivity index (χ4n) is 5.87. The Labute approximate surface area is 297 Å². The molecule has 8 atom stereocenters. The highest BCUT2D eigenvalue weighted by molar-refractivity contribution is 7.80. The van der Waals surface area contributed by atoms with Crippen LogP contribution < -0.4 is 16.0 Å². The molecule has 1 aliphatic heterocycles. The second kappa shape index (κ2) is 22.9. The lowest BCUT2D eigenvalue weighted by Crippen LogP contribution is -2.60. The number of ether oxygens (including phenoxy) is 2. The zero-order valence-electron chi connectivity index (χ0n) is 30.8. The van der Waals surface area contributed by atoms with E-state index in [0.29, 0.717) is 6.42 Å². The molecular weight excluding hydrogens is 674 g/mol. The van der Waals surface area contributed by atoms with E-state index < -0.39 is 101 Å². The molecule has 50 heavy (non-hydrogen) atoms. The number of rotatable bonds is 20. The van der Waals surface area contributed by atoms with Crippen LogP contribution in [0, 0.1) is 17.8 Å². The van der Waals surface area contributed by atoms with E-state index in [2.05, 4.69) is 27.1 Å². The number of cyclic esters (lactones) is 1. The first kappa shape index (κ1) is 45.2. The molecule has 1 fully saturated rings. The van der Waals surface area contributed by atoms with Crippen LogP contribution in [0.25, 0.3) is 0 Å². The van der Waals surface area contributed by atoms with Crippen LogP contribution in [0.2, 0.25) is 0 Å². The van der Waals surface area contributed by atoms with E-state index >= 15 is 0 Å². The summed E-state index contributed by atoms with van der Waals surface area (Å²) in [5, 5.41) is 18.4. The first-order chi connectivity index (χ1) is 23.4. The first-order valence-electron chi connectivity index (χ1n) is 18.0. The summed E-state index contributed by atoms with van der Waals surface area (Å²) in [5.74, 6) is -6.96. The minimum atomic E-state index is -5.09. The van der Waals surface area contributed by atoms with Crippen LogP contribution in [0.15, 0.2) is 0 Å². The Morgan fingerprint density at radius 1 is 0.820 bits per heavy atom. The third-order valence-corrected chi connectivity index (χ3v) is 9.56. The molecule has 0 radical (unpaired) electrons. The number of unbranched alkanes of at least 4 members (excludes halogenated alkanes) is 10. The van der Waals surface area contributed by atoms with Crippen molar-refractivity contribution in [3.63, 3.8) is 0 Å². The van der Waals surface area contributed by atoms with Crippen molar-refractivity contribution in [3.8, 4) is 0 Å². The van der Waals surface area contributed by atoms with Gasteiger partial charge >= 0.3 is 22.3 Å². The zero-order chi connectivity index (χ0) is 38.0. The lowest BCUT2D eigenvalue weighted by atomic mass is 9.86. The molecule has 5 N–H and O–H groups in total. The van der Waals surface area contributed by atoms with Crippen molar-refractivity contribution in [2.75, 3.05) is 6.61 Å². The van der Waals surface area contributed by atoms with Gasteiger partial charge in [-0.3, -0.25) is 23.7 Å². The summed E-state index contributed by atoms with van der Waals surface area (Å²) >= 11 is 0. The van der Waals surface area contributed by atoms with Gasteiger partial charge in [0.05, 0.1) is 12.0 Å². The third-order valence-electron chi connectivity index (χ3n) is 9.01. The quantitative estimate of drug-likeness (QED) is 0.0691. The van der Waals surface area contributed by atoms with Crippen molar-refractivity contribution in [2.45, 2.75) is 162 Å². The number of hydrogen-bond acceptors (Lipinski definition) is 11. The molecule has 1 rings (SSSR count). The van der Waals surface area contributed by atoms with E-state index in [4.69, 9.17) is 9.47 Å². The maximum Gasteiger partial charge on any atom is 0.397 e. The van der Waals surface area contributed by atoms with Crippen LogP contribution >= 0.6 is 0 Å². The summed E-state index contributed by atoms with van der Waals surface area (Å²) in [6.45, 7) is 10.0. The molecule has 0 aromatic carbocycles. The summed E-state index contributed by atoms with van der Waals surface area (Å²) in [7, 11) is -5.09. The Hall–Kier alpha value is -2.82. The largest absolute Gasteiger partial charge is 0.463 e. The maximum absolute atomic E-state index is 13.6. The molecule has 290 valence electrons. The van der Waals surface area contributed by atoms with Crippen LogP contribution in [-0.2, 0) is 48.0 Å². The van der Waals surface area contributed by atoms with Gasteiger partial charge in [0.2, 0.25) is 17.7 Å². The van der Waals surface area contributed by atoms with E-state index in [1.165, 1.54) is 51.9 Å². The van der Waals surface area contributed by atoms with Crippen LogP contribution in [0.4, 0.5) is 0 Å². The van der Waals surface area contributed by atoms with E-state index in [9.17, 15) is 42.0 Å². The van der Waals surface area contributed by atoms with Gasteiger partial charge in [0.1, 0.15) is 30.9 Å². The van der Waals surface area contributed by atoms with Gasteiger partial charge in [-0.05, 0) is 19.3 Å². The molecule has 1 saturated heterocycles. The molecule has 0 saturated carbocycles. The van der Waals surface area contributed by atoms with Crippen molar-refractivity contribution in [1.82, 2.24) is 16.0 Å². The third kappa shape index (κ3) is 16.9. The Balaban J connectivity index is 3.23. The van der Waals surface area contributed by atoms with Crippen molar-refractivity contribution in [3.05, 3.63) is 0 Å². The van der Waals surface area contributed by atoms with Crippen LogP contribution in [-0.4, -0.2) is 90.8 Å².